The first-order valence-electron chi connectivity index (χ1n) is 26.4. The van der Waals surface area contributed by atoms with Gasteiger partial charge in [0.2, 0.25) is 5.91 Å². The molecule has 0 aliphatic carbocycles. The van der Waals surface area contributed by atoms with Gasteiger partial charge in [0.25, 0.3) is 0 Å². The summed E-state index contributed by atoms with van der Waals surface area (Å²) in [5.41, 5.74) is 0. The summed E-state index contributed by atoms with van der Waals surface area (Å²) in [5.74, 6) is -0.520. The maximum atomic E-state index is 13.2. The minimum absolute atomic E-state index is 0.0424. The zero-order chi connectivity index (χ0) is 44.5. The molecule has 356 valence electrons. The summed E-state index contributed by atoms with van der Waals surface area (Å²) >= 11 is 0. The molecule has 0 aromatic carbocycles. The molecule has 0 saturated carbocycles. The number of aliphatic hydroxyl groups excluding tert-OH is 2. The lowest BCUT2D eigenvalue weighted by atomic mass is 10.0. The molecule has 0 heterocycles. The number of rotatable bonds is 47. The van der Waals surface area contributed by atoms with Crippen molar-refractivity contribution in [2.24, 2.45) is 0 Å². The Hall–Kier alpha value is -2.18. The molecule has 0 aliphatic rings. The standard InChI is InChI=1S/C55H101NO5/c1-4-7-10-13-16-19-22-25-27-30-32-35-38-41-44-47-53(58)52(50-57)56-54(59)49-51(46-43-40-37-34-31-29-26-23-20-17-14-11-8-5-2)61-55(60)48-45-42-39-36-33-28-24-21-18-15-12-9-6-3/h8,11,17,20,26,29,34,37,51-53,57-58H,4-7,9-10,12-16,18-19,21-25,27-28,30-33,35-36,38-50H2,1-3H3,(H,56,59)/b11-8+,20-17+,29-26+,37-34+. The van der Waals surface area contributed by atoms with Gasteiger partial charge < -0.3 is 20.3 Å². The lowest BCUT2D eigenvalue weighted by molar-refractivity contribution is -0.151. The Bertz CT molecular complexity index is 1050. The van der Waals surface area contributed by atoms with Crippen LogP contribution in [-0.2, 0) is 14.3 Å². The molecule has 3 atom stereocenters. The van der Waals surface area contributed by atoms with Gasteiger partial charge in [-0.05, 0) is 57.8 Å². The van der Waals surface area contributed by atoms with E-state index in [0.717, 1.165) is 77.0 Å². The van der Waals surface area contributed by atoms with E-state index in [-0.39, 0.29) is 24.9 Å². The highest BCUT2D eigenvalue weighted by Crippen LogP contribution is 2.18. The van der Waals surface area contributed by atoms with Crippen LogP contribution in [0.3, 0.4) is 0 Å². The Morgan fingerprint density at radius 3 is 1.31 bits per heavy atom. The van der Waals surface area contributed by atoms with Gasteiger partial charge >= 0.3 is 5.97 Å². The minimum Gasteiger partial charge on any atom is -0.462 e. The van der Waals surface area contributed by atoms with Crippen molar-refractivity contribution in [2.45, 2.75) is 283 Å². The number of esters is 1. The smallest absolute Gasteiger partial charge is 0.306 e. The Morgan fingerprint density at radius 1 is 0.492 bits per heavy atom. The lowest BCUT2D eigenvalue weighted by Gasteiger charge is -2.24. The summed E-state index contributed by atoms with van der Waals surface area (Å²) < 4.78 is 5.91. The van der Waals surface area contributed by atoms with Crippen molar-refractivity contribution in [1.82, 2.24) is 5.32 Å². The number of hydrogen-bond donors (Lipinski definition) is 3. The SMILES string of the molecule is CC/C=C/C/C=C/C/C=C/C/C=C/CCCC(CC(=O)NC(CO)C(O)CCCCCCCCCCCCCCCCC)OC(=O)CCCCCCCCCCCCCCC. The van der Waals surface area contributed by atoms with E-state index in [1.807, 2.05) is 0 Å². The maximum absolute atomic E-state index is 13.2. The van der Waals surface area contributed by atoms with Crippen molar-refractivity contribution >= 4 is 11.9 Å². The van der Waals surface area contributed by atoms with Crippen molar-refractivity contribution in [2.75, 3.05) is 6.61 Å². The summed E-state index contributed by atoms with van der Waals surface area (Å²) in [5, 5.41) is 23.8. The minimum atomic E-state index is -0.800. The van der Waals surface area contributed by atoms with Crippen LogP contribution in [-0.4, -0.2) is 46.9 Å². The average molecular weight is 856 g/mol. The molecule has 0 spiro atoms. The number of carbonyl (C=O) groups is 2. The van der Waals surface area contributed by atoms with E-state index in [1.54, 1.807) is 0 Å². The predicted octanol–water partition coefficient (Wildman–Crippen LogP) is 15.8. The van der Waals surface area contributed by atoms with Gasteiger partial charge in [0, 0.05) is 6.42 Å². The average Bonchev–Trinajstić information content (AvgIpc) is 3.25. The second kappa shape index (κ2) is 48.8. The van der Waals surface area contributed by atoms with E-state index in [2.05, 4.69) is 74.7 Å². The van der Waals surface area contributed by atoms with E-state index < -0.39 is 18.2 Å². The van der Waals surface area contributed by atoms with Crippen LogP contribution >= 0.6 is 0 Å². The monoisotopic (exact) mass is 856 g/mol. The molecule has 0 aliphatic heterocycles. The number of hydrogen-bond acceptors (Lipinski definition) is 5. The molecule has 0 rings (SSSR count). The fourth-order valence-electron chi connectivity index (χ4n) is 7.96. The highest BCUT2D eigenvalue weighted by molar-refractivity contribution is 5.77. The van der Waals surface area contributed by atoms with Crippen LogP contribution < -0.4 is 5.32 Å². The maximum Gasteiger partial charge on any atom is 0.306 e. The molecule has 3 N–H and O–H groups in total. The third-order valence-corrected chi connectivity index (χ3v) is 11.9. The second-order valence-electron chi connectivity index (χ2n) is 17.9. The van der Waals surface area contributed by atoms with E-state index in [4.69, 9.17) is 4.74 Å². The molecule has 0 aromatic heterocycles. The Kier molecular flexibility index (Phi) is 47.1. The third-order valence-electron chi connectivity index (χ3n) is 11.9. The van der Waals surface area contributed by atoms with Crippen LogP contribution in [0.4, 0.5) is 0 Å². The topological polar surface area (TPSA) is 95.9 Å². The first-order chi connectivity index (χ1) is 30.0. The van der Waals surface area contributed by atoms with Gasteiger partial charge in [-0.25, -0.2) is 0 Å². The summed E-state index contributed by atoms with van der Waals surface area (Å²) in [6.45, 7) is 6.37. The van der Waals surface area contributed by atoms with Crippen molar-refractivity contribution < 1.29 is 24.5 Å². The summed E-state index contributed by atoms with van der Waals surface area (Å²) in [6.07, 6.45) is 58.9. The Morgan fingerprint density at radius 2 is 0.885 bits per heavy atom. The van der Waals surface area contributed by atoms with Crippen LogP contribution in [0, 0.1) is 0 Å². The quantitative estimate of drug-likeness (QED) is 0.0322. The van der Waals surface area contributed by atoms with Gasteiger partial charge in [0.15, 0.2) is 0 Å². The molecule has 0 aromatic rings. The van der Waals surface area contributed by atoms with Crippen LogP contribution in [0.5, 0.6) is 0 Å². The predicted molar refractivity (Wildman–Crippen MR) is 264 cm³/mol. The molecule has 0 saturated heterocycles. The highest BCUT2D eigenvalue weighted by Gasteiger charge is 2.24. The number of aliphatic hydroxyl groups is 2. The molecule has 61 heavy (non-hydrogen) atoms. The molecule has 6 nitrogen and oxygen atoms in total. The van der Waals surface area contributed by atoms with E-state index >= 15 is 0 Å². The number of ether oxygens (including phenoxy) is 1. The fourth-order valence-corrected chi connectivity index (χ4v) is 7.96. The van der Waals surface area contributed by atoms with Crippen LogP contribution in [0.1, 0.15) is 265 Å². The first kappa shape index (κ1) is 58.8. The largest absolute Gasteiger partial charge is 0.462 e. The number of carbonyl (C=O) groups excluding carboxylic acids is 2. The molecule has 0 fully saturated rings. The summed E-state index contributed by atoms with van der Waals surface area (Å²) in [6, 6.07) is -0.717. The number of allylic oxidation sites excluding steroid dienone is 8. The third kappa shape index (κ3) is 44.2. The first-order valence-corrected chi connectivity index (χ1v) is 26.4. The molecule has 3 unspecified atom stereocenters. The van der Waals surface area contributed by atoms with Crippen LogP contribution in [0.15, 0.2) is 48.6 Å². The van der Waals surface area contributed by atoms with Gasteiger partial charge in [-0.15, -0.1) is 0 Å². The summed E-state index contributed by atoms with van der Waals surface area (Å²) in [7, 11) is 0. The second-order valence-corrected chi connectivity index (χ2v) is 17.9. The van der Waals surface area contributed by atoms with Crippen LogP contribution in [0.2, 0.25) is 0 Å². The van der Waals surface area contributed by atoms with Gasteiger partial charge in [0.05, 0.1) is 25.2 Å². The number of amides is 1. The lowest BCUT2D eigenvalue weighted by Crippen LogP contribution is -2.46. The zero-order valence-electron chi connectivity index (χ0n) is 40.5. The summed E-state index contributed by atoms with van der Waals surface area (Å²) in [4.78, 5) is 26.1. The van der Waals surface area contributed by atoms with E-state index in [1.165, 1.54) is 141 Å². The Labute approximate surface area is 378 Å². The highest BCUT2D eigenvalue weighted by atomic mass is 16.5. The fraction of sp³-hybridized carbons (Fsp3) is 0.818. The van der Waals surface area contributed by atoms with E-state index in [9.17, 15) is 19.8 Å². The molecular formula is C55H101NO5. The molecule has 0 bridgehead atoms. The van der Waals surface area contributed by atoms with Gasteiger partial charge in [-0.3, -0.25) is 9.59 Å². The van der Waals surface area contributed by atoms with Crippen LogP contribution in [0.25, 0.3) is 0 Å². The molecule has 1 amide bonds. The van der Waals surface area contributed by atoms with Crippen molar-refractivity contribution in [3.05, 3.63) is 48.6 Å². The van der Waals surface area contributed by atoms with Gasteiger partial charge in [-0.2, -0.15) is 0 Å². The molecule has 0 radical (unpaired) electrons. The zero-order valence-corrected chi connectivity index (χ0v) is 40.5. The normalized spacial score (nSPS) is 13.6. The van der Waals surface area contributed by atoms with Crippen molar-refractivity contribution in [3.8, 4) is 0 Å². The Balaban J connectivity index is 4.61. The molecular weight excluding hydrogens is 755 g/mol. The van der Waals surface area contributed by atoms with Gasteiger partial charge in [-0.1, -0.05) is 243 Å². The number of nitrogens with one attached hydrogen (secondary N) is 1. The number of unbranched alkanes of at least 4 members (excludes halogenated alkanes) is 27. The van der Waals surface area contributed by atoms with Crippen molar-refractivity contribution in [3.63, 3.8) is 0 Å². The molecule has 6 heteroatoms. The van der Waals surface area contributed by atoms with Crippen molar-refractivity contribution in [1.29, 1.82) is 0 Å². The van der Waals surface area contributed by atoms with Gasteiger partial charge in [0.1, 0.15) is 6.10 Å². The van der Waals surface area contributed by atoms with E-state index in [0.29, 0.717) is 19.3 Å².